The number of fused-ring (bicyclic) bond motifs is 1. The van der Waals surface area contributed by atoms with E-state index in [4.69, 9.17) is 13.7 Å². The molecule has 11 heteroatoms. The van der Waals surface area contributed by atoms with Crippen LogP contribution in [0, 0.1) is 6.92 Å². The van der Waals surface area contributed by atoms with E-state index in [9.17, 15) is 0 Å². The molecule has 5 heterocycles. The highest BCUT2D eigenvalue weighted by molar-refractivity contribution is 5.71. The molecule has 0 saturated heterocycles. The van der Waals surface area contributed by atoms with E-state index in [1.54, 1.807) is 41.8 Å². The third kappa shape index (κ3) is 2.69. The summed E-state index contributed by atoms with van der Waals surface area (Å²) in [5.74, 6) is 2.16. The molecular weight excluding hydrogens is 364 g/mol. The summed E-state index contributed by atoms with van der Waals surface area (Å²) in [5.41, 5.74) is 2.61. The zero-order valence-corrected chi connectivity index (χ0v) is 15.0. The lowest BCUT2D eigenvalue weighted by molar-refractivity contribution is 0.275. The van der Waals surface area contributed by atoms with Crippen molar-refractivity contribution in [2.24, 2.45) is 7.05 Å². The van der Waals surface area contributed by atoms with Crippen LogP contribution in [-0.2, 0) is 13.7 Å². The Hall–Kier alpha value is -4.02. The average Bonchev–Trinajstić information content (AvgIpc) is 3.47. The lowest BCUT2D eigenvalue weighted by atomic mass is 10.1. The second kappa shape index (κ2) is 6.30. The van der Waals surface area contributed by atoms with Gasteiger partial charge in [-0.15, -0.1) is 15.3 Å². The van der Waals surface area contributed by atoms with Crippen LogP contribution >= 0.6 is 0 Å². The summed E-state index contributed by atoms with van der Waals surface area (Å²) in [6, 6.07) is 5.41. The van der Waals surface area contributed by atoms with Crippen LogP contribution in [0.25, 0.3) is 28.3 Å². The van der Waals surface area contributed by atoms with E-state index in [1.165, 1.54) is 6.33 Å². The van der Waals surface area contributed by atoms with Gasteiger partial charge in [-0.25, -0.2) is 4.98 Å². The second-order valence-electron chi connectivity index (χ2n) is 6.08. The minimum absolute atomic E-state index is 0.195. The van der Waals surface area contributed by atoms with Crippen LogP contribution in [0.4, 0.5) is 0 Å². The third-order valence-electron chi connectivity index (χ3n) is 4.19. The van der Waals surface area contributed by atoms with E-state index in [0.29, 0.717) is 34.6 Å². The zero-order chi connectivity index (χ0) is 19.1. The van der Waals surface area contributed by atoms with Crippen molar-refractivity contribution in [1.29, 1.82) is 0 Å². The summed E-state index contributed by atoms with van der Waals surface area (Å²) in [7, 11) is 1.80. The molecule has 140 valence electrons. The Labute approximate surface area is 157 Å². The minimum atomic E-state index is 0.195. The van der Waals surface area contributed by atoms with Crippen LogP contribution in [0.2, 0.25) is 0 Å². The van der Waals surface area contributed by atoms with E-state index in [2.05, 4.69) is 30.5 Å². The monoisotopic (exact) mass is 378 g/mol. The normalized spacial score (nSPS) is 11.4. The fourth-order valence-electron chi connectivity index (χ4n) is 2.76. The molecule has 0 atom stereocenters. The van der Waals surface area contributed by atoms with E-state index < -0.39 is 0 Å². The first-order valence-electron chi connectivity index (χ1n) is 8.37. The predicted molar refractivity (Wildman–Crippen MR) is 94.1 cm³/mol. The highest BCUT2D eigenvalue weighted by Gasteiger charge is 2.19. The van der Waals surface area contributed by atoms with Gasteiger partial charge in [-0.2, -0.15) is 9.61 Å². The Morgan fingerprint density at radius 3 is 2.86 bits per heavy atom. The van der Waals surface area contributed by atoms with Gasteiger partial charge in [-0.05, 0) is 19.1 Å². The van der Waals surface area contributed by atoms with Gasteiger partial charge in [0.05, 0.1) is 18.1 Å². The molecular formula is C17H14N8O3. The molecule has 0 aliphatic rings. The van der Waals surface area contributed by atoms with Crippen molar-refractivity contribution in [1.82, 2.24) is 39.7 Å². The summed E-state index contributed by atoms with van der Waals surface area (Å²) in [5, 5.41) is 21.0. The number of furan rings is 1. The molecule has 0 N–H and O–H groups in total. The number of ether oxygens (including phenoxy) is 1. The van der Waals surface area contributed by atoms with Crippen LogP contribution < -0.4 is 4.74 Å². The molecule has 0 bridgehead atoms. The first kappa shape index (κ1) is 16.2. The number of hydrogen-bond acceptors (Lipinski definition) is 9. The molecule has 0 fully saturated rings. The average molecular weight is 378 g/mol. The van der Waals surface area contributed by atoms with Crippen molar-refractivity contribution < 1.29 is 13.7 Å². The fourth-order valence-corrected chi connectivity index (χ4v) is 2.76. The Balaban J connectivity index is 1.62. The molecule has 0 spiro atoms. The molecule has 5 aromatic rings. The van der Waals surface area contributed by atoms with Crippen molar-refractivity contribution in [3.63, 3.8) is 0 Å². The highest BCUT2D eigenvalue weighted by atomic mass is 16.5. The lowest BCUT2D eigenvalue weighted by Gasteiger charge is -2.09. The Morgan fingerprint density at radius 1 is 1.21 bits per heavy atom. The molecule has 0 saturated carbocycles. The van der Waals surface area contributed by atoms with Crippen molar-refractivity contribution in [2.75, 3.05) is 0 Å². The van der Waals surface area contributed by atoms with Crippen molar-refractivity contribution in [3.8, 4) is 28.5 Å². The SMILES string of the molecule is Cc1cc(-c2nnc3cc(-c4ccoc4)c(OCc4ncnn4C)nn23)no1. The summed E-state index contributed by atoms with van der Waals surface area (Å²) in [6.07, 6.45) is 4.66. The second-order valence-corrected chi connectivity index (χ2v) is 6.08. The number of nitrogens with zero attached hydrogens (tertiary/aromatic N) is 8. The zero-order valence-electron chi connectivity index (χ0n) is 15.0. The number of aromatic nitrogens is 8. The molecule has 0 radical (unpaired) electrons. The van der Waals surface area contributed by atoms with Crippen molar-refractivity contribution in [2.45, 2.75) is 13.5 Å². The number of rotatable bonds is 5. The predicted octanol–water partition coefficient (Wildman–Crippen LogP) is 2.06. The molecule has 0 aliphatic heterocycles. The van der Waals surface area contributed by atoms with Gasteiger partial charge in [0.15, 0.2) is 17.2 Å². The molecule has 0 aliphatic carbocycles. The molecule has 28 heavy (non-hydrogen) atoms. The number of aryl methyl sites for hydroxylation is 2. The van der Waals surface area contributed by atoms with Gasteiger partial charge >= 0.3 is 0 Å². The maximum absolute atomic E-state index is 5.96. The van der Waals surface area contributed by atoms with Crippen LogP contribution in [0.1, 0.15) is 11.6 Å². The van der Waals surface area contributed by atoms with Crippen LogP contribution in [0.15, 0.2) is 46.0 Å². The summed E-state index contributed by atoms with van der Waals surface area (Å²) in [4.78, 5) is 4.17. The van der Waals surface area contributed by atoms with E-state index in [-0.39, 0.29) is 6.61 Å². The summed E-state index contributed by atoms with van der Waals surface area (Å²) >= 11 is 0. The topological polar surface area (TPSA) is 122 Å². The Kier molecular flexibility index (Phi) is 3.64. The molecule has 5 aromatic heterocycles. The van der Waals surface area contributed by atoms with Gasteiger partial charge < -0.3 is 13.7 Å². The Bertz CT molecular complexity index is 1250. The number of hydrogen-bond donors (Lipinski definition) is 0. The maximum Gasteiger partial charge on any atom is 0.240 e. The first-order valence-corrected chi connectivity index (χ1v) is 8.37. The van der Waals surface area contributed by atoms with Gasteiger partial charge in [0, 0.05) is 18.7 Å². The third-order valence-corrected chi connectivity index (χ3v) is 4.19. The summed E-state index contributed by atoms with van der Waals surface area (Å²) in [6.45, 7) is 2.00. The first-order chi connectivity index (χ1) is 13.7. The smallest absolute Gasteiger partial charge is 0.240 e. The van der Waals surface area contributed by atoms with Crippen molar-refractivity contribution in [3.05, 3.63) is 48.6 Å². The quantitative estimate of drug-likeness (QED) is 0.452. The summed E-state index contributed by atoms with van der Waals surface area (Å²) < 4.78 is 19.5. The highest BCUT2D eigenvalue weighted by Crippen LogP contribution is 2.31. The largest absolute Gasteiger partial charge is 0.472 e. The van der Waals surface area contributed by atoms with E-state index in [0.717, 1.165) is 11.1 Å². The van der Waals surface area contributed by atoms with E-state index >= 15 is 0 Å². The van der Waals surface area contributed by atoms with Gasteiger partial charge in [0.1, 0.15) is 18.7 Å². The fraction of sp³-hybridized carbons (Fsp3) is 0.176. The minimum Gasteiger partial charge on any atom is -0.472 e. The molecule has 0 aromatic carbocycles. The van der Waals surface area contributed by atoms with Crippen molar-refractivity contribution >= 4 is 5.65 Å². The molecule has 0 unspecified atom stereocenters. The van der Waals surface area contributed by atoms with Gasteiger partial charge in [0.2, 0.25) is 11.7 Å². The van der Waals surface area contributed by atoms with Crippen LogP contribution in [0.5, 0.6) is 5.88 Å². The van der Waals surface area contributed by atoms with Gasteiger partial charge in [-0.3, -0.25) is 4.68 Å². The standard InChI is InChI=1S/C17H14N8O3/c1-10-5-13(23-28-10)16-21-20-14-6-12(11-3-4-26-7-11)17(22-25(14)16)27-8-15-18-9-19-24(15)2/h3-7,9H,8H2,1-2H3. The van der Waals surface area contributed by atoms with Gasteiger partial charge in [0.25, 0.3) is 0 Å². The molecule has 5 rings (SSSR count). The Morgan fingerprint density at radius 2 is 2.14 bits per heavy atom. The molecule has 0 amide bonds. The maximum atomic E-state index is 5.96. The van der Waals surface area contributed by atoms with Crippen LogP contribution in [0.3, 0.4) is 0 Å². The van der Waals surface area contributed by atoms with Crippen LogP contribution in [-0.4, -0.2) is 39.7 Å². The van der Waals surface area contributed by atoms with E-state index in [1.807, 2.05) is 12.1 Å². The lowest BCUT2D eigenvalue weighted by Crippen LogP contribution is -2.08. The van der Waals surface area contributed by atoms with Gasteiger partial charge in [-0.1, -0.05) is 5.16 Å². The molecule has 11 nitrogen and oxygen atoms in total.